The number of fused-ring (bicyclic) bond motifs is 1. The van der Waals surface area contributed by atoms with E-state index in [-0.39, 0.29) is 13.0 Å². The van der Waals surface area contributed by atoms with Gasteiger partial charge in [-0.05, 0) is 18.6 Å². The number of alkyl halides is 1. The SMILES string of the molecule is Cc1cccc2sc(N3CCC(F)(C(=O)Nc4nccs4)C3)nc12. The third kappa shape index (κ3) is 2.65. The largest absolute Gasteiger partial charge is 0.344 e. The predicted molar refractivity (Wildman–Crippen MR) is 95.8 cm³/mol. The van der Waals surface area contributed by atoms with Gasteiger partial charge in [0.1, 0.15) is 0 Å². The highest BCUT2D eigenvalue weighted by Gasteiger charge is 2.46. The molecular weight excluding hydrogens is 347 g/mol. The third-order valence-corrected chi connectivity index (χ3v) is 5.93. The maximum atomic E-state index is 15.1. The fourth-order valence-corrected chi connectivity index (χ4v) is 4.42. The molecule has 8 heteroatoms. The van der Waals surface area contributed by atoms with Crippen molar-refractivity contribution in [3.63, 3.8) is 0 Å². The van der Waals surface area contributed by atoms with Crippen molar-refractivity contribution in [2.75, 3.05) is 23.3 Å². The minimum Gasteiger partial charge on any atom is -0.344 e. The van der Waals surface area contributed by atoms with Crippen LogP contribution in [0.5, 0.6) is 0 Å². The van der Waals surface area contributed by atoms with Crippen LogP contribution in [0.15, 0.2) is 29.8 Å². The van der Waals surface area contributed by atoms with Crippen molar-refractivity contribution in [3.8, 4) is 0 Å². The maximum absolute atomic E-state index is 15.1. The Hall–Kier alpha value is -2.06. The zero-order valence-corrected chi connectivity index (χ0v) is 14.6. The zero-order chi connectivity index (χ0) is 16.7. The van der Waals surface area contributed by atoms with Gasteiger partial charge in [0, 0.05) is 24.5 Å². The van der Waals surface area contributed by atoms with Crippen LogP contribution in [0.3, 0.4) is 0 Å². The summed E-state index contributed by atoms with van der Waals surface area (Å²) in [6.45, 7) is 2.50. The van der Waals surface area contributed by atoms with Gasteiger partial charge in [0.2, 0.25) is 5.67 Å². The van der Waals surface area contributed by atoms with E-state index < -0.39 is 11.6 Å². The van der Waals surface area contributed by atoms with Gasteiger partial charge < -0.3 is 4.90 Å². The molecule has 0 bridgehead atoms. The summed E-state index contributed by atoms with van der Waals surface area (Å²) in [5, 5.41) is 5.49. The number of aryl methyl sites for hydroxylation is 1. The lowest BCUT2D eigenvalue weighted by molar-refractivity contribution is -0.126. The smallest absolute Gasteiger partial charge is 0.265 e. The molecule has 2 aromatic heterocycles. The number of amides is 1. The van der Waals surface area contributed by atoms with Crippen molar-refractivity contribution >= 4 is 49.1 Å². The molecule has 1 atom stereocenters. The molecule has 1 unspecified atom stereocenters. The van der Waals surface area contributed by atoms with Crippen LogP contribution >= 0.6 is 22.7 Å². The Morgan fingerprint density at radius 2 is 2.33 bits per heavy atom. The van der Waals surface area contributed by atoms with E-state index in [2.05, 4.69) is 15.3 Å². The number of anilines is 2. The van der Waals surface area contributed by atoms with Crippen molar-refractivity contribution in [2.45, 2.75) is 19.0 Å². The second kappa shape index (κ2) is 5.78. The van der Waals surface area contributed by atoms with Crippen molar-refractivity contribution in [3.05, 3.63) is 35.3 Å². The Kier molecular flexibility index (Phi) is 3.73. The lowest BCUT2D eigenvalue weighted by atomic mass is 10.1. The van der Waals surface area contributed by atoms with Crippen molar-refractivity contribution in [2.24, 2.45) is 0 Å². The zero-order valence-electron chi connectivity index (χ0n) is 13.0. The average molecular weight is 362 g/mol. The van der Waals surface area contributed by atoms with E-state index in [0.29, 0.717) is 11.7 Å². The third-order valence-electron chi connectivity index (χ3n) is 4.16. The number of nitrogens with one attached hydrogen (secondary N) is 1. The summed E-state index contributed by atoms with van der Waals surface area (Å²) in [6, 6.07) is 6.01. The Morgan fingerprint density at radius 3 is 3.08 bits per heavy atom. The molecule has 0 radical (unpaired) electrons. The predicted octanol–water partition coefficient (Wildman–Crippen LogP) is 3.62. The molecule has 1 aromatic carbocycles. The first-order valence-corrected chi connectivity index (χ1v) is 9.26. The van der Waals surface area contributed by atoms with Gasteiger partial charge in [0.05, 0.1) is 16.8 Å². The molecule has 124 valence electrons. The summed E-state index contributed by atoms with van der Waals surface area (Å²) >= 11 is 2.81. The van der Waals surface area contributed by atoms with E-state index in [1.54, 1.807) is 11.6 Å². The van der Waals surface area contributed by atoms with Crippen LogP contribution < -0.4 is 10.2 Å². The fraction of sp³-hybridized carbons (Fsp3) is 0.312. The number of para-hydroxylation sites is 1. The lowest BCUT2D eigenvalue weighted by Gasteiger charge is -2.19. The molecule has 1 amide bonds. The van der Waals surface area contributed by atoms with E-state index in [1.807, 2.05) is 30.0 Å². The van der Waals surface area contributed by atoms with Gasteiger partial charge in [-0.3, -0.25) is 10.1 Å². The number of halogens is 1. The number of hydrogen-bond donors (Lipinski definition) is 1. The molecule has 0 aliphatic carbocycles. The van der Waals surface area contributed by atoms with Crippen LogP contribution in [-0.4, -0.2) is 34.6 Å². The van der Waals surface area contributed by atoms with Crippen LogP contribution in [0.1, 0.15) is 12.0 Å². The minimum atomic E-state index is -1.92. The molecule has 3 aromatic rings. The summed E-state index contributed by atoms with van der Waals surface area (Å²) < 4.78 is 16.1. The van der Waals surface area contributed by atoms with Gasteiger partial charge in [-0.25, -0.2) is 14.4 Å². The Balaban J connectivity index is 1.54. The maximum Gasteiger partial charge on any atom is 0.265 e. The number of hydrogen-bond acceptors (Lipinski definition) is 6. The first-order valence-electron chi connectivity index (χ1n) is 7.56. The first kappa shape index (κ1) is 15.5. The number of carbonyl (C=O) groups is 1. The second-order valence-corrected chi connectivity index (χ2v) is 7.75. The number of rotatable bonds is 3. The first-order chi connectivity index (χ1) is 11.5. The van der Waals surface area contributed by atoms with Crippen LogP contribution in [0.4, 0.5) is 14.7 Å². The normalized spacial score (nSPS) is 20.7. The van der Waals surface area contributed by atoms with Crippen LogP contribution in [0.25, 0.3) is 10.2 Å². The summed E-state index contributed by atoms with van der Waals surface area (Å²) in [5.74, 6) is -0.628. The molecule has 1 fully saturated rings. The quantitative estimate of drug-likeness (QED) is 0.773. The van der Waals surface area contributed by atoms with E-state index in [9.17, 15) is 4.79 Å². The number of carbonyl (C=O) groups excluding carboxylic acids is 1. The minimum absolute atomic E-state index is 0.0169. The molecule has 1 saturated heterocycles. The molecule has 3 heterocycles. The second-order valence-electron chi connectivity index (χ2n) is 5.85. The number of thiazole rings is 2. The van der Waals surface area contributed by atoms with Crippen molar-refractivity contribution in [1.82, 2.24) is 9.97 Å². The molecule has 1 N–H and O–H groups in total. The molecule has 24 heavy (non-hydrogen) atoms. The number of aromatic nitrogens is 2. The van der Waals surface area contributed by atoms with Gasteiger partial charge in [0.25, 0.3) is 5.91 Å². The molecule has 0 saturated carbocycles. The molecular formula is C16H15FN4OS2. The standard InChI is InChI=1S/C16H15FN4OS2/c1-10-3-2-4-11-12(10)19-15(24-11)21-7-5-16(17,9-21)13(22)20-14-18-6-8-23-14/h2-4,6,8H,5,7,9H2,1H3,(H,18,20,22). The average Bonchev–Trinajstić information content (AvgIpc) is 3.27. The highest BCUT2D eigenvalue weighted by Crippen LogP contribution is 2.36. The van der Waals surface area contributed by atoms with Crippen LogP contribution in [-0.2, 0) is 4.79 Å². The van der Waals surface area contributed by atoms with Gasteiger partial charge in [-0.2, -0.15) is 0 Å². The van der Waals surface area contributed by atoms with Gasteiger partial charge >= 0.3 is 0 Å². The lowest BCUT2D eigenvalue weighted by Crippen LogP contribution is -2.41. The summed E-state index contributed by atoms with van der Waals surface area (Å²) in [6.07, 6.45) is 1.73. The van der Waals surface area contributed by atoms with Gasteiger partial charge in [-0.15, -0.1) is 11.3 Å². The molecule has 4 rings (SSSR count). The van der Waals surface area contributed by atoms with E-state index >= 15 is 4.39 Å². The Morgan fingerprint density at radius 1 is 1.46 bits per heavy atom. The highest BCUT2D eigenvalue weighted by atomic mass is 32.1. The molecule has 5 nitrogen and oxygen atoms in total. The molecule has 1 aliphatic heterocycles. The Labute approximate surface area is 146 Å². The monoisotopic (exact) mass is 362 g/mol. The Bertz CT molecular complexity index is 895. The summed E-state index contributed by atoms with van der Waals surface area (Å²) in [4.78, 5) is 22.7. The topological polar surface area (TPSA) is 58.1 Å². The highest BCUT2D eigenvalue weighted by molar-refractivity contribution is 7.22. The van der Waals surface area contributed by atoms with E-state index in [4.69, 9.17) is 0 Å². The fourth-order valence-electron chi connectivity index (χ4n) is 2.83. The van der Waals surface area contributed by atoms with Crippen molar-refractivity contribution in [1.29, 1.82) is 0 Å². The summed E-state index contributed by atoms with van der Waals surface area (Å²) in [5.41, 5.74) is 0.127. The van der Waals surface area contributed by atoms with Crippen LogP contribution in [0, 0.1) is 6.92 Å². The molecule has 1 aliphatic rings. The van der Waals surface area contributed by atoms with Crippen molar-refractivity contribution < 1.29 is 9.18 Å². The van der Waals surface area contributed by atoms with Gasteiger partial charge in [0.15, 0.2) is 10.3 Å². The summed E-state index contributed by atoms with van der Waals surface area (Å²) in [7, 11) is 0. The number of benzene rings is 1. The van der Waals surface area contributed by atoms with E-state index in [0.717, 1.165) is 20.9 Å². The van der Waals surface area contributed by atoms with E-state index in [1.165, 1.54) is 22.7 Å². The van der Waals surface area contributed by atoms with Crippen LogP contribution in [0.2, 0.25) is 0 Å². The molecule has 0 spiro atoms. The number of nitrogens with zero attached hydrogens (tertiary/aromatic N) is 3. The van der Waals surface area contributed by atoms with Gasteiger partial charge in [-0.1, -0.05) is 23.5 Å².